The molecule has 0 atom stereocenters. The highest BCUT2D eigenvalue weighted by molar-refractivity contribution is 6.14. The van der Waals surface area contributed by atoms with Crippen LogP contribution in [0.5, 0.6) is 0 Å². The van der Waals surface area contributed by atoms with E-state index in [2.05, 4.69) is 0 Å². The number of hydrogen-bond donors (Lipinski definition) is 0. The summed E-state index contributed by atoms with van der Waals surface area (Å²) in [5, 5.41) is -2.76. The summed E-state index contributed by atoms with van der Waals surface area (Å²) in [5.41, 5.74) is -4.84. The Kier molecular flexibility index (Phi) is 3.46. The molecule has 266 valence electrons. The number of nitrogens with zero attached hydrogens (tertiary/aromatic N) is 2. The van der Waals surface area contributed by atoms with Crippen molar-refractivity contribution in [1.82, 2.24) is 9.13 Å². The molecule has 3 heterocycles. The standard InChI is InChI=1S/C54H34N2O/c1-3-14-35(15-4-1)37-18-13-19-40(30-37)55-49-23-10-7-20-42(49)46-31-38(26-28-51(46)55)39-27-29-52-47(32-39)43-21-8-11-24-50(43)56(52)41-33-45(36-16-5-2-6-17-36)54-48(34-41)44-22-9-12-25-53(44)57-54/h1-34H/i2D,5D,6D,7D,8D,9D,10D,11D,12D,16D,17D,20D,21D,22D,23D,24D,25D,26D,27D,28D,29D,31D,32D,33D,34D. The van der Waals surface area contributed by atoms with E-state index in [1.807, 2.05) is 30.3 Å². The molecule has 12 aromatic rings. The van der Waals surface area contributed by atoms with Gasteiger partial charge in [0.25, 0.3) is 0 Å². The van der Waals surface area contributed by atoms with Crippen molar-refractivity contribution in [2.75, 3.05) is 0 Å². The Bertz CT molecular complexity index is 4960. The lowest BCUT2D eigenvalue weighted by molar-refractivity contribution is 0.670. The van der Waals surface area contributed by atoms with Gasteiger partial charge in [-0.25, -0.2) is 0 Å². The van der Waals surface area contributed by atoms with Crippen LogP contribution in [-0.4, -0.2) is 9.13 Å². The van der Waals surface area contributed by atoms with Crippen LogP contribution in [0.1, 0.15) is 34.3 Å². The first kappa shape index (κ1) is 15.9. The number of furan rings is 1. The lowest BCUT2D eigenvalue weighted by Crippen LogP contribution is -1.95. The number of fused-ring (bicyclic) bond motifs is 9. The second kappa shape index (κ2) is 12.5. The van der Waals surface area contributed by atoms with E-state index < -0.39 is 223 Å². The van der Waals surface area contributed by atoms with Crippen molar-refractivity contribution >= 4 is 65.6 Å². The van der Waals surface area contributed by atoms with Gasteiger partial charge in [0.05, 0.1) is 56.3 Å². The van der Waals surface area contributed by atoms with Gasteiger partial charge in [-0.1, -0.05) is 139 Å². The Morgan fingerprint density at radius 3 is 1.65 bits per heavy atom. The molecule has 12 rings (SSSR count). The molecule has 3 aromatic heterocycles. The minimum absolute atomic E-state index is 0.184. The quantitative estimate of drug-likeness (QED) is 0.172. The number of aromatic nitrogens is 2. The third-order valence-electron chi connectivity index (χ3n) is 9.80. The fraction of sp³-hybridized carbons (Fsp3) is 0. The van der Waals surface area contributed by atoms with Gasteiger partial charge in [-0.2, -0.15) is 0 Å². The SMILES string of the molecule is [2H]c1c([2H])c([2H])c(-c2c([2H])c(-n3c4c([2H])c([2H])c([2H])c([2H])c4c4c([2H])c(-c5c([2H])c([2H])c6c(c5[2H])c5c([2H])c([2H])c([2H])c([2H])c5n6-c5cccc(-c6ccccc6)c5)c([2H])c([2H])c43)c([2H])c3c2oc2c([2H])c([2H])c([2H])c([2H])c23)c([2H])c1[2H]. The molecule has 0 spiro atoms. The molecular formula is C54H34N2O. The van der Waals surface area contributed by atoms with Crippen molar-refractivity contribution in [1.29, 1.82) is 0 Å². The topological polar surface area (TPSA) is 23.0 Å². The normalized spacial score (nSPS) is 18.0. The highest BCUT2D eigenvalue weighted by Gasteiger charge is 2.19. The van der Waals surface area contributed by atoms with Gasteiger partial charge in [0.2, 0.25) is 0 Å². The lowest BCUT2D eigenvalue weighted by Gasteiger charge is -2.12. The molecule has 0 aliphatic carbocycles. The van der Waals surface area contributed by atoms with Crippen molar-refractivity contribution in [2.45, 2.75) is 0 Å². The first-order chi connectivity index (χ1) is 38.7. The van der Waals surface area contributed by atoms with Crippen LogP contribution in [0.3, 0.4) is 0 Å². The molecule has 3 heteroatoms. The maximum atomic E-state index is 10.1. The summed E-state index contributed by atoms with van der Waals surface area (Å²) in [5.74, 6) is 0. The highest BCUT2D eigenvalue weighted by atomic mass is 16.3. The van der Waals surface area contributed by atoms with E-state index >= 15 is 0 Å². The van der Waals surface area contributed by atoms with Gasteiger partial charge in [0.1, 0.15) is 11.2 Å². The third-order valence-corrected chi connectivity index (χ3v) is 9.80. The maximum Gasteiger partial charge on any atom is 0.143 e. The first-order valence-electron chi connectivity index (χ1n) is 30.0. The van der Waals surface area contributed by atoms with E-state index in [0.29, 0.717) is 5.56 Å². The average molecular weight is 752 g/mol. The van der Waals surface area contributed by atoms with E-state index in [1.54, 1.807) is 24.3 Å². The molecule has 9 aromatic carbocycles. The van der Waals surface area contributed by atoms with E-state index in [9.17, 15) is 16.4 Å². The van der Waals surface area contributed by atoms with Crippen molar-refractivity contribution in [3.05, 3.63) is 206 Å². The van der Waals surface area contributed by atoms with Gasteiger partial charge in [-0.05, 0) is 94.3 Å². The Balaban J connectivity index is 1.27. The molecule has 0 aliphatic rings. The van der Waals surface area contributed by atoms with Crippen LogP contribution < -0.4 is 0 Å². The fourth-order valence-corrected chi connectivity index (χ4v) is 7.32. The minimum Gasteiger partial charge on any atom is -0.455 e. The van der Waals surface area contributed by atoms with Gasteiger partial charge >= 0.3 is 0 Å². The summed E-state index contributed by atoms with van der Waals surface area (Å²) in [7, 11) is 0. The summed E-state index contributed by atoms with van der Waals surface area (Å²) in [6.45, 7) is 0. The molecule has 0 bridgehead atoms. The summed E-state index contributed by atoms with van der Waals surface area (Å²) in [4.78, 5) is 0. The molecule has 0 fully saturated rings. The molecular weight excluding hydrogens is 693 g/mol. The number of benzene rings is 9. The Hall–Kier alpha value is -7.62. The van der Waals surface area contributed by atoms with Crippen molar-refractivity contribution in [3.8, 4) is 44.8 Å². The van der Waals surface area contributed by atoms with Crippen LogP contribution in [0, 0.1) is 0 Å². The van der Waals surface area contributed by atoms with Crippen LogP contribution in [0.25, 0.3) is 110 Å². The summed E-state index contributed by atoms with van der Waals surface area (Å²) >= 11 is 0. The van der Waals surface area contributed by atoms with Gasteiger partial charge < -0.3 is 13.6 Å². The highest BCUT2D eigenvalue weighted by Crippen LogP contribution is 2.42. The Labute approximate surface area is 364 Å². The first-order valence-corrected chi connectivity index (χ1v) is 17.5. The molecule has 3 nitrogen and oxygen atoms in total. The van der Waals surface area contributed by atoms with Crippen molar-refractivity contribution in [3.63, 3.8) is 0 Å². The van der Waals surface area contributed by atoms with E-state index in [4.69, 9.17) is 22.2 Å². The zero-order chi connectivity index (χ0) is 59.2. The fourth-order valence-electron chi connectivity index (χ4n) is 7.32. The van der Waals surface area contributed by atoms with Gasteiger partial charge in [0.15, 0.2) is 0 Å². The van der Waals surface area contributed by atoms with Gasteiger partial charge in [-0.15, -0.1) is 0 Å². The van der Waals surface area contributed by atoms with Gasteiger partial charge in [0, 0.05) is 49.3 Å². The molecule has 57 heavy (non-hydrogen) atoms. The second-order valence-electron chi connectivity index (χ2n) is 13.0. The van der Waals surface area contributed by atoms with Crippen molar-refractivity contribution in [2.24, 2.45) is 0 Å². The number of para-hydroxylation sites is 3. The predicted molar refractivity (Wildman–Crippen MR) is 239 cm³/mol. The Morgan fingerprint density at radius 1 is 0.368 bits per heavy atom. The average Bonchev–Trinajstić information content (AvgIpc) is 3.81. The zero-order valence-corrected chi connectivity index (χ0v) is 29.0. The van der Waals surface area contributed by atoms with Crippen LogP contribution in [0.2, 0.25) is 0 Å². The minimum atomic E-state index is -0.980. The molecule has 0 saturated heterocycles. The lowest BCUT2D eigenvalue weighted by atomic mass is 10.0. The second-order valence-corrected chi connectivity index (χ2v) is 13.0. The van der Waals surface area contributed by atoms with Gasteiger partial charge in [-0.3, -0.25) is 0 Å². The predicted octanol–water partition coefficient (Wildman–Crippen LogP) is 14.8. The van der Waals surface area contributed by atoms with E-state index in [1.165, 1.54) is 4.57 Å². The van der Waals surface area contributed by atoms with Crippen LogP contribution in [-0.2, 0) is 0 Å². The van der Waals surface area contributed by atoms with Crippen LogP contribution in [0.15, 0.2) is 210 Å². The molecule has 0 radical (unpaired) electrons. The Morgan fingerprint density at radius 2 is 0.947 bits per heavy atom. The monoisotopic (exact) mass is 751 g/mol. The van der Waals surface area contributed by atoms with E-state index in [0.717, 1.165) is 10.1 Å². The summed E-state index contributed by atoms with van der Waals surface area (Å²) in [6, 6.07) is -4.82. The molecule has 0 aliphatic heterocycles. The van der Waals surface area contributed by atoms with Crippen LogP contribution in [0.4, 0.5) is 0 Å². The largest absolute Gasteiger partial charge is 0.455 e. The van der Waals surface area contributed by atoms with Crippen LogP contribution >= 0.6 is 0 Å². The smallest absolute Gasteiger partial charge is 0.143 e. The molecule has 0 saturated carbocycles. The molecule has 0 amide bonds. The zero-order valence-electron chi connectivity index (χ0n) is 54.0. The summed E-state index contributed by atoms with van der Waals surface area (Å²) < 4.78 is 238. The molecule has 0 N–H and O–H groups in total. The maximum absolute atomic E-state index is 10.1. The van der Waals surface area contributed by atoms with E-state index in [-0.39, 0.29) is 27.5 Å². The summed E-state index contributed by atoms with van der Waals surface area (Å²) in [6.07, 6.45) is 0. The number of rotatable bonds is 5. The number of hydrogen-bond acceptors (Lipinski definition) is 1. The van der Waals surface area contributed by atoms with Crippen molar-refractivity contribution < 1.29 is 38.7 Å². The molecule has 0 unspecified atom stereocenters. The third kappa shape index (κ3) is 4.92.